The van der Waals surface area contributed by atoms with Crippen LogP contribution in [0, 0.1) is 5.92 Å². The van der Waals surface area contributed by atoms with E-state index in [0.717, 1.165) is 12.1 Å². The number of anilines is 2. The second-order valence-corrected chi connectivity index (χ2v) is 7.17. The Labute approximate surface area is 170 Å². The van der Waals surface area contributed by atoms with E-state index in [0.29, 0.717) is 25.1 Å². The first kappa shape index (κ1) is 21.0. The third-order valence-electron chi connectivity index (χ3n) is 4.64. The molecule has 29 heavy (non-hydrogen) atoms. The van der Waals surface area contributed by atoms with Gasteiger partial charge in [-0.2, -0.15) is 13.2 Å². The van der Waals surface area contributed by atoms with E-state index in [9.17, 15) is 22.8 Å². The normalized spacial score (nSPS) is 17.0. The SMILES string of the molecule is O=C(Nc1ccc(Cl)c(C(F)(F)F)c1)C1CCCN(C(=O)Nc2ccccc2)C1. The Balaban J connectivity index is 1.63. The van der Waals surface area contributed by atoms with Gasteiger partial charge in [-0.05, 0) is 43.2 Å². The fraction of sp³-hybridized carbons (Fsp3) is 0.300. The smallest absolute Gasteiger partial charge is 0.326 e. The average molecular weight is 426 g/mol. The molecule has 3 amide bonds. The number of likely N-dealkylation sites (tertiary alicyclic amines) is 1. The second kappa shape index (κ2) is 8.73. The molecule has 0 aliphatic carbocycles. The molecule has 1 heterocycles. The Kier molecular flexibility index (Phi) is 6.32. The first-order chi connectivity index (χ1) is 13.7. The number of alkyl halides is 3. The topological polar surface area (TPSA) is 61.4 Å². The molecular formula is C20H19ClF3N3O2. The number of nitrogens with zero attached hydrogens (tertiary/aromatic N) is 1. The quantitative estimate of drug-likeness (QED) is 0.706. The van der Waals surface area contributed by atoms with Gasteiger partial charge in [0.25, 0.3) is 0 Å². The molecule has 5 nitrogen and oxygen atoms in total. The van der Waals surface area contributed by atoms with E-state index in [1.54, 1.807) is 24.3 Å². The molecule has 3 rings (SSSR count). The van der Waals surface area contributed by atoms with Gasteiger partial charge in [0.2, 0.25) is 5.91 Å². The lowest BCUT2D eigenvalue weighted by atomic mass is 9.97. The third-order valence-corrected chi connectivity index (χ3v) is 4.97. The molecule has 154 valence electrons. The van der Waals surface area contributed by atoms with Crippen LogP contribution in [-0.2, 0) is 11.0 Å². The number of piperidine rings is 1. The van der Waals surface area contributed by atoms with Crippen molar-refractivity contribution in [2.75, 3.05) is 23.7 Å². The number of urea groups is 1. The molecular weight excluding hydrogens is 407 g/mol. The predicted molar refractivity (Wildman–Crippen MR) is 105 cm³/mol. The Morgan fingerprint density at radius 1 is 1.03 bits per heavy atom. The molecule has 1 fully saturated rings. The van der Waals surface area contributed by atoms with E-state index >= 15 is 0 Å². The number of hydrogen-bond donors (Lipinski definition) is 2. The molecule has 0 bridgehead atoms. The summed E-state index contributed by atoms with van der Waals surface area (Å²) in [5.74, 6) is -0.951. The monoisotopic (exact) mass is 425 g/mol. The number of rotatable bonds is 3. The number of nitrogens with one attached hydrogen (secondary N) is 2. The standard InChI is InChI=1S/C20H19ClF3N3O2/c21-17-9-8-15(11-16(17)20(22,23)24)25-18(28)13-5-4-10-27(12-13)19(29)26-14-6-2-1-3-7-14/h1-3,6-9,11,13H,4-5,10,12H2,(H,25,28)(H,26,29). The minimum absolute atomic E-state index is 0.0117. The summed E-state index contributed by atoms with van der Waals surface area (Å²) in [6.07, 6.45) is -3.45. The Morgan fingerprint density at radius 2 is 1.76 bits per heavy atom. The summed E-state index contributed by atoms with van der Waals surface area (Å²) in [6, 6.07) is 11.8. The van der Waals surface area contributed by atoms with Crippen LogP contribution >= 0.6 is 11.6 Å². The van der Waals surface area contributed by atoms with Gasteiger partial charge in [-0.3, -0.25) is 4.79 Å². The van der Waals surface area contributed by atoms with Gasteiger partial charge in [0, 0.05) is 24.5 Å². The molecule has 2 aromatic rings. The minimum atomic E-state index is -4.62. The van der Waals surface area contributed by atoms with Crippen LogP contribution < -0.4 is 10.6 Å². The fourth-order valence-corrected chi connectivity index (χ4v) is 3.39. The van der Waals surface area contributed by atoms with Crippen LogP contribution in [0.25, 0.3) is 0 Å². The maximum atomic E-state index is 13.0. The number of halogens is 4. The summed E-state index contributed by atoms with van der Waals surface area (Å²) in [6.45, 7) is 0.686. The first-order valence-corrected chi connectivity index (χ1v) is 9.40. The van der Waals surface area contributed by atoms with Gasteiger partial charge in [-0.25, -0.2) is 4.79 Å². The number of benzene rings is 2. The van der Waals surface area contributed by atoms with Crippen molar-refractivity contribution in [3.8, 4) is 0 Å². The average Bonchev–Trinajstić information content (AvgIpc) is 2.69. The van der Waals surface area contributed by atoms with E-state index in [2.05, 4.69) is 10.6 Å². The Hall–Kier alpha value is -2.74. The van der Waals surface area contributed by atoms with Crippen molar-refractivity contribution >= 4 is 34.9 Å². The first-order valence-electron chi connectivity index (χ1n) is 9.02. The Bertz CT molecular complexity index is 890. The summed E-state index contributed by atoms with van der Waals surface area (Å²) in [5.41, 5.74) is -0.355. The van der Waals surface area contributed by atoms with Crippen LogP contribution in [-0.4, -0.2) is 29.9 Å². The van der Waals surface area contributed by atoms with E-state index < -0.39 is 28.6 Å². The van der Waals surface area contributed by atoms with Crippen molar-refractivity contribution in [1.29, 1.82) is 0 Å². The van der Waals surface area contributed by atoms with Crippen LogP contribution in [0.3, 0.4) is 0 Å². The zero-order chi connectivity index (χ0) is 21.0. The Morgan fingerprint density at radius 3 is 2.45 bits per heavy atom. The van der Waals surface area contributed by atoms with E-state index in [1.165, 1.54) is 11.0 Å². The molecule has 9 heteroatoms. The van der Waals surface area contributed by atoms with Crippen molar-refractivity contribution in [3.63, 3.8) is 0 Å². The van der Waals surface area contributed by atoms with Crippen LogP contribution in [0.1, 0.15) is 18.4 Å². The van der Waals surface area contributed by atoms with Crippen molar-refractivity contribution in [1.82, 2.24) is 4.90 Å². The van der Waals surface area contributed by atoms with Crippen molar-refractivity contribution < 1.29 is 22.8 Å². The van der Waals surface area contributed by atoms with Gasteiger partial charge < -0.3 is 15.5 Å². The van der Waals surface area contributed by atoms with E-state index in [1.807, 2.05) is 6.07 Å². The van der Waals surface area contributed by atoms with Crippen molar-refractivity contribution in [3.05, 3.63) is 59.1 Å². The van der Waals surface area contributed by atoms with E-state index in [-0.39, 0.29) is 18.3 Å². The van der Waals surface area contributed by atoms with Crippen LogP contribution in [0.5, 0.6) is 0 Å². The molecule has 1 unspecified atom stereocenters. The minimum Gasteiger partial charge on any atom is -0.326 e. The van der Waals surface area contributed by atoms with Crippen molar-refractivity contribution in [2.45, 2.75) is 19.0 Å². The predicted octanol–water partition coefficient (Wildman–Crippen LogP) is 5.24. The highest BCUT2D eigenvalue weighted by atomic mass is 35.5. The van der Waals surface area contributed by atoms with Gasteiger partial charge in [0.05, 0.1) is 16.5 Å². The summed E-state index contributed by atoms with van der Waals surface area (Å²) in [4.78, 5) is 26.5. The summed E-state index contributed by atoms with van der Waals surface area (Å²) < 4.78 is 39.0. The van der Waals surface area contributed by atoms with Gasteiger partial charge in [-0.1, -0.05) is 29.8 Å². The molecule has 1 aliphatic rings. The van der Waals surface area contributed by atoms with Crippen LogP contribution in [0.15, 0.2) is 48.5 Å². The molecule has 0 spiro atoms. The molecule has 0 radical (unpaired) electrons. The van der Waals surface area contributed by atoms with Gasteiger partial charge in [-0.15, -0.1) is 0 Å². The highest BCUT2D eigenvalue weighted by Gasteiger charge is 2.34. The number of carbonyl (C=O) groups is 2. The largest absolute Gasteiger partial charge is 0.417 e. The summed E-state index contributed by atoms with van der Waals surface area (Å²) >= 11 is 5.60. The molecule has 1 atom stereocenters. The number of carbonyl (C=O) groups excluding carboxylic acids is 2. The highest BCUT2D eigenvalue weighted by molar-refractivity contribution is 6.31. The maximum Gasteiger partial charge on any atom is 0.417 e. The molecule has 2 aromatic carbocycles. The lowest BCUT2D eigenvalue weighted by Gasteiger charge is -2.32. The fourth-order valence-electron chi connectivity index (χ4n) is 3.16. The number of hydrogen-bond acceptors (Lipinski definition) is 2. The van der Waals surface area contributed by atoms with Crippen LogP contribution in [0.4, 0.5) is 29.3 Å². The molecule has 0 saturated carbocycles. The van der Waals surface area contributed by atoms with Gasteiger partial charge >= 0.3 is 12.2 Å². The van der Waals surface area contributed by atoms with Gasteiger partial charge in [0.15, 0.2) is 0 Å². The maximum absolute atomic E-state index is 13.0. The number of amides is 3. The summed E-state index contributed by atoms with van der Waals surface area (Å²) in [7, 11) is 0. The van der Waals surface area contributed by atoms with Crippen LogP contribution in [0.2, 0.25) is 5.02 Å². The zero-order valence-electron chi connectivity index (χ0n) is 15.3. The zero-order valence-corrected chi connectivity index (χ0v) is 16.1. The second-order valence-electron chi connectivity index (χ2n) is 6.76. The van der Waals surface area contributed by atoms with Crippen molar-refractivity contribution in [2.24, 2.45) is 5.92 Å². The summed E-state index contributed by atoms with van der Waals surface area (Å²) in [5, 5.41) is 4.84. The molecule has 1 aliphatic heterocycles. The van der Waals surface area contributed by atoms with Gasteiger partial charge in [0.1, 0.15) is 0 Å². The highest BCUT2D eigenvalue weighted by Crippen LogP contribution is 2.36. The van der Waals surface area contributed by atoms with E-state index in [4.69, 9.17) is 11.6 Å². The molecule has 0 aromatic heterocycles. The third kappa shape index (κ3) is 5.41. The lowest BCUT2D eigenvalue weighted by molar-refractivity contribution is -0.137. The number of para-hydroxylation sites is 1. The molecule has 1 saturated heterocycles. The molecule has 2 N–H and O–H groups in total. The lowest BCUT2D eigenvalue weighted by Crippen LogP contribution is -2.45.